The summed E-state index contributed by atoms with van der Waals surface area (Å²) < 4.78 is 8.49. The highest BCUT2D eigenvalue weighted by Gasteiger charge is 2.21. The molecule has 0 aliphatic carbocycles. The zero-order chi connectivity index (χ0) is 19.8. The number of hydrogen-bond acceptors (Lipinski definition) is 3. The summed E-state index contributed by atoms with van der Waals surface area (Å²) in [7, 11) is 0. The van der Waals surface area contributed by atoms with E-state index in [1.165, 1.54) is 11.3 Å². The lowest BCUT2D eigenvalue weighted by Crippen LogP contribution is -2.18. The van der Waals surface area contributed by atoms with E-state index < -0.39 is 0 Å². The van der Waals surface area contributed by atoms with Crippen LogP contribution in [0.1, 0.15) is 11.3 Å². The molecule has 3 heterocycles. The Balaban J connectivity index is 1.49. The second-order valence-corrected chi connectivity index (χ2v) is 8.13. The van der Waals surface area contributed by atoms with Gasteiger partial charge in [-0.05, 0) is 42.8 Å². The molecule has 0 radical (unpaired) electrons. The van der Waals surface area contributed by atoms with Crippen molar-refractivity contribution in [3.05, 3.63) is 70.0 Å². The molecule has 0 spiro atoms. The number of pyridine rings is 1. The molecule has 1 aliphatic heterocycles. The summed E-state index contributed by atoms with van der Waals surface area (Å²) in [4.78, 5) is 4.48. The van der Waals surface area contributed by atoms with Crippen molar-refractivity contribution in [2.75, 3.05) is 19.7 Å². The highest BCUT2D eigenvalue weighted by molar-refractivity contribution is 6.38. The van der Waals surface area contributed by atoms with E-state index >= 15 is 0 Å². The molecule has 2 aromatic heterocycles. The zero-order valence-electron chi connectivity index (χ0n) is 15.9. The summed E-state index contributed by atoms with van der Waals surface area (Å²) in [6.45, 7) is 3.20. The van der Waals surface area contributed by atoms with Crippen LogP contribution in [-0.2, 0) is 19.4 Å². The summed E-state index contributed by atoms with van der Waals surface area (Å²) >= 11 is 12.9. The quantitative estimate of drug-likeness (QED) is 0.484. The third kappa shape index (κ3) is 3.46. The van der Waals surface area contributed by atoms with Crippen LogP contribution in [0.15, 0.2) is 48.7 Å². The molecule has 5 rings (SSSR count). The van der Waals surface area contributed by atoms with Crippen molar-refractivity contribution < 1.29 is 4.74 Å². The molecular weight excluding hydrogens is 405 g/mol. The molecule has 0 fully saturated rings. The molecule has 6 heteroatoms. The molecule has 0 amide bonds. The molecular formula is C23H21Cl2N3O. The number of benzene rings is 2. The summed E-state index contributed by atoms with van der Waals surface area (Å²) in [5.41, 5.74) is 4.64. The third-order valence-electron chi connectivity index (χ3n) is 5.56. The Labute approximate surface area is 179 Å². The van der Waals surface area contributed by atoms with Gasteiger partial charge in [0.2, 0.25) is 0 Å². The maximum Gasteiger partial charge on any atom is 0.145 e. The van der Waals surface area contributed by atoms with E-state index in [0.717, 1.165) is 65.1 Å². The molecule has 148 valence electrons. The minimum Gasteiger partial charge on any atom is -0.489 e. The van der Waals surface area contributed by atoms with Crippen LogP contribution in [0, 0.1) is 0 Å². The number of nitrogens with one attached hydrogen (secondary N) is 1. The largest absolute Gasteiger partial charge is 0.489 e. The topological polar surface area (TPSA) is 39.1 Å². The Morgan fingerprint density at radius 2 is 1.93 bits per heavy atom. The van der Waals surface area contributed by atoms with Crippen molar-refractivity contribution in [1.29, 1.82) is 0 Å². The Hall–Kier alpha value is -2.27. The van der Waals surface area contributed by atoms with Crippen molar-refractivity contribution in [1.82, 2.24) is 14.9 Å². The summed E-state index contributed by atoms with van der Waals surface area (Å²) in [5, 5.41) is 7.07. The van der Waals surface area contributed by atoms with Gasteiger partial charge in [-0.3, -0.25) is 4.98 Å². The molecule has 0 bridgehead atoms. The maximum atomic E-state index is 6.60. The van der Waals surface area contributed by atoms with Gasteiger partial charge in [0, 0.05) is 40.7 Å². The second kappa shape index (κ2) is 7.86. The fourth-order valence-electron chi connectivity index (χ4n) is 4.32. The van der Waals surface area contributed by atoms with Gasteiger partial charge in [-0.15, -0.1) is 0 Å². The van der Waals surface area contributed by atoms with E-state index in [-0.39, 0.29) is 0 Å². The molecule has 0 saturated heterocycles. The first-order chi connectivity index (χ1) is 14.2. The van der Waals surface area contributed by atoms with Gasteiger partial charge in [-0.25, -0.2) is 0 Å². The number of nitrogens with zero attached hydrogens (tertiary/aromatic N) is 2. The van der Waals surface area contributed by atoms with Crippen molar-refractivity contribution in [2.45, 2.75) is 19.4 Å². The highest BCUT2D eigenvalue weighted by Crippen LogP contribution is 2.36. The van der Waals surface area contributed by atoms with Crippen molar-refractivity contribution >= 4 is 45.0 Å². The van der Waals surface area contributed by atoms with Crippen LogP contribution >= 0.6 is 23.2 Å². The molecule has 29 heavy (non-hydrogen) atoms. The number of rotatable bonds is 4. The van der Waals surface area contributed by atoms with E-state index in [9.17, 15) is 0 Å². The minimum absolute atomic E-state index is 0.545. The van der Waals surface area contributed by atoms with Gasteiger partial charge < -0.3 is 14.6 Å². The smallest absolute Gasteiger partial charge is 0.145 e. The van der Waals surface area contributed by atoms with Gasteiger partial charge >= 0.3 is 0 Å². The number of ether oxygens (including phenoxy) is 1. The first-order valence-electron chi connectivity index (χ1n) is 9.88. The Morgan fingerprint density at radius 1 is 1.07 bits per heavy atom. The van der Waals surface area contributed by atoms with E-state index in [1.54, 1.807) is 6.20 Å². The normalized spacial score (nSPS) is 14.1. The van der Waals surface area contributed by atoms with E-state index in [4.69, 9.17) is 27.9 Å². The average molecular weight is 426 g/mol. The number of halogens is 2. The minimum atomic E-state index is 0.545. The van der Waals surface area contributed by atoms with Gasteiger partial charge in [-0.2, -0.15) is 0 Å². The Morgan fingerprint density at radius 3 is 2.86 bits per heavy atom. The highest BCUT2D eigenvalue weighted by atomic mass is 35.5. The standard InChI is InChI=1S/C23H21Cl2N3O/c24-16-13-18(25)22-17-6-9-26-10-7-19(17)28(20(22)14-16)11-12-29-21-5-1-3-15-4-2-8-27-23(15)21/h1-5,8,13-14,26H,6-7,9-12H2. The number of para-hydroxylation sites is 1. The monoisotopic (exact) mass is 425 g/mol. The fraction of sp³-hybridized carbons (Fsp3) is 0.261. The molecule has 4 aromatic rings. The molecule has 0 atom stereocenters. The lowest BCUT2D eigenvalue weighted by Gasteiger charge is -2.13. The van der Waals surface area contributed by atoms with Crippen molar-refractivity contribution in [3.63, 3.8) is 0 Å². The number of fused-ring (bicyclic) bond motifs is 4. The summed E-state index contributed by atoms with van der Waals surface area (Å²) in [6.07, 6.45) is 3.73. The fourth-order valence-corrected chi connectivity index (χ4v) is 4.92. The zero-order valence-corrected chi connectivity index (χ0v) is 17.4. The van der Waals surface area contributed by atoms with Crippen LogP contribution in [0.5, 0.6) is 5.75 Å². The van der Waals surface area contributed by atoms with Gasteiger partial charge in [0.25, 0.3) is 0 Å². The predicted octanol–water partition coefficient (Wildman–Crippen LogP) is 5.26. The van der Waals surface area contributed by atoms with E-state index in [2.05, 4.69) is 14.9 Å². The lowest BCUT2D eigenvalue weighted by molar-refractivity contribution is 0.301. The molecule has 1 N–H and O–H groups in total. The van der Waals surface area contributed by atoms with Crippen LogP contribution in [0.3, 0.4) is 0 Å². The molecule has 2 aromatic carbocycles. The van der Waals surface area contributed by atoms with Crippen LogP contribution < -0.4 is 10.1 Å². The SMILES string of the molecule is Clc1cc(Cl)c2c3c(n(CCOc4cccc5cccnc45)c2c1)CCNCC3. The van der Waals surface area contributed by atoms with E-state index in [0.29, 0.717) is 11.6 Å². The predicted molar refractivity (Wildman–Crippen MR) is 119 cm³/mol. The third-order valence-corrected chi connectivity index (χ3v) is 6.08. The van der Waals surface area contributed by atoms with Gasteiger partial charge in [0.1, 0.15) is 17.9 Å². The van der Waals surface area contributed by atoms with Crippen LogP contribution in [0.2, 0.25) is 10.0 Å². The Bertz CT molecular complexity index is 1200. The van der Waals surface area contributed by atoms with Crippen molar-refractivity contribution in [2.24, 2.45) is 0 Å². The summed E-state index contributed by atoms with van der Waals surface area (Å²) in [5.74, 6) is 0.809. The van der Waals surface area contributed by atoms with Crippen LogP contribution in [-0.4, -0.2) is 29.2 Å². The first-order valence-corrected chi connectivity index (χ1v) is 10.6. The van der Waals surface area contributed by atoms with Gasteiger partial charge in [0.15, 0.2) is 0 Å². The van der Waals surface area contributed by atoms with Gasteiger partial charge in [-0.1, -0.05) is 41.4 Å². The lowest BCUT2D eigenvalue weighted by atomic mass is 10.1. The van der Waals surface area contributed by atoms with Crippen LogP contribution in [0.4, 0.5) is 0 Å². The van der Waals surface area contributed by atoms with Gasteiger partial charge in [0.05, 0.1) is 17.1 Å². The second-order valence-electron chi connectivity index (χ2n) is 7.29. The average Bonchev–Trinajstić information content (AvgIpc) is 2.86. The summed E-state index contributed by atoms with van der Waals surface area (Å²) in [6, 6.07) is 13.9. The molecule has 1 aliphatic rings. The maximum absolute atomic E-state index is 6.60. The molecule has 4 nitrogen and oxygen atoms in total. The van der Waals surface area contributed by atoms with Crippen LogP contribution in [0.25, 0.3) is 21.8 Å². The molecule has 0 saturated carbocycles. The Kier molecular flexibility index (Phi) is 5.08. The first kappa shape index (κ1) is 18.7. The van der Waals surface area contributed by atoms with Crippen molar-refractivity contribution in [3.8, 4) is 5.75 Å². The number of aromatic nitrogens is 2. The molecule has 0 unspecified atom stereocenters. The number of hydrogen-bond donors (Lipinski definition) is 1. The van der Waals surface area contributed by atoms with E-state index in [1.807, 2.05) is 42.5 Å².